The van der Waals surface area contributed by atoms with Crippen LogP contribution in [0.25, 0.3) is 0 Å². The van der Waals surface area contributed by atoms with Crippen LogP contribution in [0.5, 0.6) is 0 Å². The molecule has 1 saturated heterocycles. The van der Waals surface area contributed by atoms with Gasteiger partial charge in [0.05, 0.1) is 39.6 Å². The van der Waals surface area contributed by atoms with Gasteiger partial charge in [0.2, 0.25) is 0 Å². The van der Waals surface area contributed by atoms with Crippen LogP contribution >= 0.6 is 45.2 Å². The van der Waals surface area contributed by atoms with E-state index in [-0.39, 0.29) is 25.9 Å². The first-order chi connectivity index (χ1) is 17.6. The normalized spacial score (nSPS) is 17.7. The van der Waals surface area contributed by atoms with Gasteiger partial charge in [-0.3, -0.25) is 0 Å². The topological polar surface area (TPSA) is 97.6 Å². The molecule has 0 aliphatic carbocycles. The molecule has 1 aliphatic rings. The highest BCUT2D eigenvalue weighted by Gasteiger charge is 2.31. The molecule has 0 radical (unpaired) electrons. The van der Waals surface area contributed by atoms with Gasteiger partial charge in [-0.15, -0.1) is 0 Å². The third kappa shape index (κ3) is 17.0. The lowest BCUT2D eigenvalue weighted by Crippen LogP contribution is -2.22. The Balaban J connectivity index is 0.000000285. The summed E-state index contributed by atoms with van der Waals surface area (Å²) in [6, 6.07) is 16.4. The summed E-state index contributed by atoms with van der Waals surface area (Å²) in [5, 5.41) is 26.1. The molecule has 0 aromatic heterocycles. The van der Waals surface area contributed by atoms with E-state index in [1.165, 1.54) is 19.1 Å². The van der Waals surface area contributed by atoms with Crippen molar-refractivity contribution in [3.8, 4) is 0 Å². The molecule has 0 amide bonds. The van der Waals surface area contributed by atoms with Gasteiger partial charge in [-0.2, -0.15) is 0 Å². The van der Waals surface area contributed by atoms with Crippen LogP contribution in [0, 0.1) is 13.1 Å². The second-order valence-corrected chi connectivity index (χ2v) is 11.8. The van der Waals surface area contributed by atoms with E-state index in [4.69, 9.17) is 34.3 Å². The maximum Gasteiger partial charge on any atom is 0.163 e. The van der Waals surface area contributed by atoms with Crippen molar-refractivity contribution < 1.29 is 34.3 Å². The van der Waals surface area contributed by atoms with E-state index in [9.17, 15) is 0 Å². The molecule has 3 atom stereocenters. The van der Waals surface area contributed by atoms with Gasteiger partial charge in [0, 0.05) is 13.7 Å². The second kappa shape index (κ2) is 19.6. The third-order valence-corrected chi connectivity index (χ3v) is 6.69. The average molecular weight is 744 g/mol. The first-order valence-electron chi connectivity index (χ1n) is 12.4. The molecular formula is C28H42I2O7. The molecule has 0 unspecified atom stereocenters. The predicted molar refractivity (Wildman–Crippen MR) is 162 cm³/mol. The van der Waals surface area contributed by atoms with Crippen molar-refractivity contribution in [1.82, 2.24) is 0 Å². The Morgan fingerprint density at radius 1 is 0.919 bits per heavy atom. The zero-order valence-corrected chi connectivity index (χ0v) is 26.6. The van der Waals surface area contributed by atoms with Gasteiger partial charge >= 0.3 is 0 Å². The highest BCUT2D eigenvalue weighted by atomic mass is 127. The lowest BCUT2D eigenvalue weighted by Gasteiger charge is -2.15. The van der Waals surface area contributed by atoms with E-state index >= 15 is 0 Å². The summed E-state index contributed by atoms with van der Waals surface area (Å²) < 4.78 is 23.7. The SMILES string of the molecule is CC1(C)OC[C@H](CO)O1.CC[C@@H](C)COCc1ccc(I)cc1.OC[C@@H](O)COCc1ccc(I)cc1. The van der Waals surface area contributed by atoms with E-state index in [1.54, 1.807) is 0 Å². The van der Waals surface area contributed by atoms with Crippen LogP contribution in [-0.2, 0) is 32.2 Å². The first-order valence-corrected chi connectivity index (χ1v) is 14.6. The Morgan fingerprint density at radius 3 is 1.76 bits per heavy atom. The number of hydrogen-bond donors (Lipinski definition) is 3. The largest absolute Gasteiger partial charge is 0.394 e. The molecular weight excluding hydrogens is 702 g/mol. The summed E-state index contributed by atoms with van der Waals surface area (Å²) in [6.07, 6.45) is 0.283. The molecule has 2 aromatic rings. The minimum Gasteiger partial charge on any atom is -0.394 e. The second-order valence-electron chi connectivity index (χ2n) is 9.27. The Hall–Kier alpha value is -0.380. The van der Waals surface area contributed by atoms with Gasteiger partial charge < -0.3 is 34.3 Å². The highest BCUT2D eigenvalue weighted by Crippen LogP contribution is 2.21. The molecule has 1 heterocycles. The average Bonchev–Trinajstić information content (AvgIpc) is 3.25. The minimum atomic E-state index is -0.779. The van der Waals surface area contributed by atoms with Gasteiger partial charge in [-0.1, -0.05) is 44.5 Å². The zero-order valence-electron chi connectivity index (χ0n) is 22.2. The van der Waals surface area contributed by atoms with Gasteiger partial charge in [0.25, 0.3) is 0 Å². The Labute approximate surface area is 249 Å². The smallest absolute Gasteiger partial charge is 0.163 e. The first kappa shape index (κ1) is 34.6. The monoisotopic (exact) mass is 744 g/mol. The Bertz CT molecular complexity index is 774. The van der Waals surface area contributed by atoms with Crippen LogP contribution in [0.4, 0.5) is 0 Å². The van der Waals surface area contributed by atoms with Crippen molar-refractivity contribution >= 4 is 45.2 Å². The molecule has 37 heavy (non-hydrogen) atoms. The van der Waals surface area contributed by atoms with Crippen LogP contribution in [0.2, 0.25) is 0 Å². The van der Waals surface area contributed by atoms with Crippen LogP contribution in [0.15, 0.2) is 48.5 Å². The molecule has 210 valence electrons. The maximum atomic E-state index is 9.00. The molecule has 1 aliphatic heterocycles. The zero-order chi connectivity index (χ0) is 27.7. The lowest BCUT2D eigenvalue weighted by atomic mass is 10.1. The third-order valence-electron chi connectivity index (χ3n) is 5.26. The number of halogens is 2. The molecule has 1 fully saturated rings. The summed E-state index contributed by atoms with van der Waals surface area (Å²) >= 11 is 4.55. The highest BCUT2D eigenvalue weighted by molar-refractivity contribution is 14.1. The quantitative estimate of drug-likeness (QED) is 0.274. The number of rotatable bonds is 11. The standard InChI is InChI=1S/C12H17IO.C10H13IO3.C6H12O3/c1-3-10(2)8-14-9-11-4-6-12(13)7-5-11;11-9-3-1-8(2-4-9)6-14-7-10(13)5-12;1-6(2)8-4-5(3-7)9-6/h4-7,10H,3,8-9H2,1-2H3;1-4,10,12-13H,5-7H2;5,7H,3-4H2,1-2H3/t2*10-;5-/m110/s1. The van der Waals surface area contributed by atoms with Crippen molar-refractivity contribution in [3.05, 3.63) is 66.8 Å². The van der Waals surface area contributed by atoms with Crippen LogP contribution in [-0.4, -0.2) is 66.3 Å². The van der Waals surface area contributed by atoms with Gasteiger partial charge in [0.15, 0.2) is 5.79 Å². The van der Waals surface area contributed by atoms with E-state index < -0.39 is 11.9 Å². The molecule has 0 bridgehead atoms. The lowest BCUT2D eigenvalue weighted by molar-refractivity contribution is -0.142. The summed E-state index contributed by atoms with van der Waals surface area (Å²) in [5.74, 6) is 0.173. The van der Waals surface area contributed by atoms with Crippen molar-refractivity contribution in [3.63, 3.8) is 0 Å². The molecule has 9 heteroatoms. The fourth-order valence-corrected chi connectivity index (χ4v) is 3.59. The summed E-state index contributed by atoms with van der Waals surface area (Å²) in [7, 11) is 0. The van der Waals surface area contributed by atoms with Crippen molar-refractivity contribution in [1.29, 1.82) is 0 Å². The number of hydrogen-bond acceptors (Lipinski definition) is 7. The van der Waals surface area contributed by atoms with Crippen molar-refractivity contribution in [2.75, 3.05) is 33.0 Å². The molecule has 2 aromatic carbocycles. The molecule has 0 saturated carbocycles. The van der Waals surface area contributed by atoms with Gasteiger partial charge in [0.1, 0.15) is 12.2 Å². The van der Waals surface area contributed by atoms with E-state index in [0.29, 0.717) is 19.1 Å². The summed E-state index contributed by atoms with van der Waals surface area (Å²) in [4.78, 5) is 0. The predicted octanol–water partition coefficient (Wildman–Crippen LogP) is 5.15. The number of benzene rings is 2. The van der Waals surface area contributed by atoms with Crippen molar-refractivity contribution in [2.45, 2.75) is 65.3 Å². The maximum absolute atomic E-state index is 9.00. The number of ether oxygens (including phenoxy) is 4. The summed E-state index contributed by atoms with van der Waals surface area (Å²) in [5.41, 5.74) is 2.32. The number of aliphatic hydroxyl groups is 3. The van der Waals surface area contributed by atoms with E-state index in [2.05, 4.69) is 83.3 Å². The fourth-order valence-electron chi connectivity index (χ4n) is 2.88. The van der Waals surface area contributed by atoms with Crippen LogP contribution in [0.1, 0.15) is 45.2 Å². The number of aliphatic hydroxyl groups excluding tert-OH is 3. The summed E-state index contributed by atoms with van der Waals surface area (Å²) in [6.45, 7) is 10.6. The fraction of sp³-hybridized carbons (Fsp3) is 0.571. The Morgan fingerprint density at radius 2 is 1.41 bits per heavy atom. The van der Waals surface area contributed by atoms with Crippen LogP contribution < -0.4 is 0 Å². The van der Waals surface area contributed by atoms with Gasteiger partial charge in [-0.05, 0) is 100 Å². The van der Waals surface area contributed by atoms with Crippen LogP contribution in [0.3, 0.4) is 0 Å². The minimum absolute atomic E-state index is 0.0451. The van der Waals surface area contributed by atoms with E-state index in [0.717, 1.165) is 18.8 Å². The van der Waals surface area contributed by atoms with Gasteiger partial charge in [-0.25, -0.2) is 0 Å². The van der Waals surface area contributed by atoms with E-state index in [1.807, 2.05) is 38.1 Å². The molecule has 0 spiro atoms. The van der Waals surface area contributed by atoms with Crippen molar-refractivity contribution in [2.24, 2.45) is 5.92 Å². The molecule has 3 rings (SSSR count). The molecule has 7 nitrogen and oxygen atoms in total. The Kier molecular flexibility index (Phi) is 18.4. The molecule has 3 N–H and O–H groups in total.